The molecule has 0 saturated carbocycles. The van der Waals surface area contributed by atoms with Gasteiger partial charge in [-0.2, -0.15) is 0 Å². The van der Waals surface area contributed by atoms with Crippen molar-refractivity contribution >= 4 is 0 Å². The van der Waals surface area contributed by atoms with Crippen molar-refractivity contribution in [2.75, 3.05) is 0 Å². The molecule has 2 nitrogen and oxygen atoms in total. The van der Waals surface area contributed by atoms with Gasteiger partial charge in [0.05, 0.1) is 11.8 Å². The predicted octanol–water partition coefficient (Wildman–Crippen LogP) is 3.10. The van der Waals surface area contributed by atoms with Gasteiger partial charge in [0.1, 0.15) is 17.3 Å². The first-order valence-electron chi connectivity index (χ1n) is 4.22. The van der Waals surface area contributed by atoms with E-state index in [2.05, 4.69) is 0 Å². The maximum atomic E-state index is 13.0. The monoisotopic (exact) mass is 192 g/mol. The van der Waals surface area contributed by atoms with E-state index in [1.807, 2.05) is 0 Å². The number of rotatable bonds is 1. The van der Waals surface area contributed by atoms with Crippen LogP contribution in [0.15, 0.2) is 34.9 Å². The second-order valence-electron chi connectivity index (χ2n) is 3.05. The van der Waals surface area contributed by atoms with Gasteiger partial charge in [-0.3, -0.25) is 0 Å². The Kier molecular flexibility index (Phi) is 2.00. The highest BCUT2D eigenvalue weighted by atomic mass is 19.1. The van der Waals surface area contributed by atoms with E-state index < -0.39 is 5.82 Å². The van der Waals surface area contributed by atoms with Crippen molar-refractivity contribution in [1.29, 1.82) is 0 Å². The Morgan fingerprint density at radius 3 is 2.71 bits per heavy atom. The summed E-state index contributed by atoms with van der Waals surface area (Å²) in [5, 5.41) is 9.65. The Hall–Kier alpha value is -1.77. The number of phenols is 1. The van der Waals surface area contributed by atoms with E-state index in [0.29, 0.717) is 11.3 Å². The van der Waals surface area contributed by atoms with Crippen LogP contribution in [0.3, 0.4) is 0 Å². The van der Waals surface area contributed by atoms with E-state index >= 15 is 0 Å². The van der Waals surface area contributed by atoms with Crippen LogP contribution < -0.4 is 0 Å². The molecule has 1 aromatic heterocycles. The van der Waals surface area contributed by atoms with Crippen molar-refractivity contribution in [3.8, 4) is 17.1 Å². The molecule has 0 amide bonds. The van der Waals surface area contributed by atoms with Crippen LogP contribution in [-0.4, -0.2) is 5.11 Å². The Labute approximate surface area is 80.6 Å². The summed E-state index contributed by atoms with van der Waals surface area (Å²) in [6.45, 7) is 1.52. The molecular formula is C11H9FO2. The third-order valence-corrected chi connectivity index (χ3v) is 2.15. The summed E-state index contributed by atoms with van der Waals surface area (Å²) in [7, 11) is 0. The number of phenolic OH excluding ortho intramolecular Hbond substituents is 1. The van der Waals surface area contributed by atoms with E-state index in [1.54, 1.807) is 12.1 Å². The Bertz CT molecular complexity index is 447. The minimum absolute atomic E-state index is 0.0695. The lowest BCUT2D eigenvalue weighted by atomic mass is 10.1. The van der Waals surface area contributed by atoms with Gasteiger partial charge in [-0.05, 0) is 31.2 Å². The summed E-state index contributed by atoms with van der Waals surface area (Å²) in [6.07, 6.45) is 1.51. The molecule has 2 rings (SSSR count). The van der Waals surface area contributed by atoms with Gasteiger partial charge >= 0.3 is 0 Å². The number of hydrogen-bond donors (Lipinski definition) is 1. The van der Waals surface area contributed by atoms with Crippen molar-refractivity contribution in [3.05, 3.63) is 41.9 Å². The highest BCUT2D eigenvalue weighted by Crippen LogP contribution is 2.33. The highest BCUT2D eigenvalue weighted by molar-refractivity contribution is 5.67. The SMILES string of the molecule is Cc1c(F)ccc(-c2ccco2)c1O. The smallest absolute Gasteiger partial charge is 0.137 e. The van der Waals surface area contributed by atoms with Gasteiger partial charge in [0.2, 0.25) is 0 Å². The fourth-order valence-corrected chi connectivity index (χ4v) is 1.31. The van der Waals surface area contributed by atoms with E-state index in [1.165, 1.54) is 25.3 Å². The molecule has 0 spiro atoms. The zero-order valence-electron chi connectivity index (χ0n) is 7.62. The van der Waals surface area contributed by atoms with E-state index in [9.17, 15) is 9.50 Å². The van der Waals surface area contributed by atoms with Gasteiger partial charge in [-0.15, -0.1) is 0 Å². The van der Waals surface area contributed by atoms with E-state index in [0.717, 1.165) is 0 Å². The summed E-state index contributed by atoms with van der Waals surface area (Å²) < 4.78 is 18.1. The topological polar surface area (TPSA) is 33.4 Å². The average molecular weight is 192 g/mol. The van der Waals surface area contributed by atoms with Crippen molar-refractivity contribution in [2.45, 2.75) is 6.92 Å². The quantitative estimate of drug-likeness (QED) is 0.753. The number of hydrogen-bond acceptors (Lipinski definition) is 2. The molecule has 1 N–H and O–H groups in total. The fraction of sp³-hybridized carbons (Fsp3) is 0.0909. The van der Waals surface area contributed by atoms with Gasteiger partial charge < -0.3 is 9.52 Å². The number of furan rings is 1. The van der Waals surface area contributed by atoms with Crippen molar-refractivity contribution in [2.24, 2.45) is 0 Å². The van der Waals surface area contributed by atoms with Gasteiger partial charge in [-0.25, -0.2) is 4.39 Å². The molecule has 72 valence electrons. The molecule has 0 atom stereocenters. The molecule has 1 heterocycles. The standard InChI is InChI=1S/C11H9FO2/c1-7-9(12)5-4-8(11(7)13)10-3-2-6-14-10/h2-6,13H,1H3. The molecule has 0 radical (unpaired) electrons. The first kappa shape index (κ1) is 8.81. The highest BCUT2D eigenvalue weighted by Gasteiger charge is 2.11. The first-order valence-corrected chi connectivity index (χ1v) is 4.22. The summed E-state index contributed by atoms with van der Waals surface area (Å²) in [5.41, 5.74) is 0.743. The van der Waals surface area contributed by atoms with Gasteiger partial charge in [0.25, 0.3) is 0 Å². The molecule has 0 bridgehead atoms. The van der Waals surface area contributed by atoms with Gasteiger partial charge in [0, 0.05) is 5.56 Å². The van der Waals surface area contributed by atoms with Crippen molar-refractivity contribution in [3.63, 3.8) is 0 Å². The zero-order chi connectivity index (χ0) is 10.1. The first-order chi connectivity index (χ1) is 6.70. The number of aromatic hydroxyl groups is 1. The minimum atomic E-state index is -0.419. The Balaban J connectivity index is 2.61. The third kappa shape index (κ3) is 1.27. The van der Waals surface area contributed by atoms with Crippen LogP contribution in [0.4, 0.5) is 4.39 Å². The molecule has 14 heavy (non-hydrogen) atoms. The third-order valence-electron chi connectivity index (χ3n) is 2.15. The normalized spacial score (nSPS) is 10.4. The molecule has 0 aliphatic rings. The van der Waals surface area contributed by atoms with Gasteiger partial charge in [-0.1, -0.05) is 0 Å². The molecule has 0 unspecified atom stereocenters. The molecule has 0 fully saturated rings. The number of halogens is 1. The van der Waals surface area contributed by atoms with Crippen LogP contribution in [0.25, 0.3) is 11.3 Å². The van der Waals surface area contributed by atoms with Crippen LogP contribution in [0.5, 0.6) is 5.75 Å². The molecule has 0 aliphatic heterocycles. The van der Waals surface area contributed by atoms with Crippen molar-refractivity contribution in [1.82, 2.24) is 0 Å². The second-order valence-corrected chi connectivity index (χ2v) is 3.05. The van der Waals surface area contributed by atoms with Crippen LogP contribution in [-0.2, 0) is 0 Å². The lowest BCUT2D eigenvalue weighted by Crippen LogP contribution is -1.85. The molecule has 0 aliphatic carbocycles. The maximum absolute atomic E-state index is 13.0. The van der Waals surface area contributed by atoms with Crippen LogP contribution in [0.1, 0.15) is 5.56 Å². The lowest BCUT2D eigenvalue weighted by Gasteiger charge is -2.04. The largest absolute Gasteiger partial charge is 0.507 e. The minimum Gasteiger partial charge on any atom is -0.507 e. The molecule has 1 aromatic carbocycles. The zero-order valence-corrected chi connectivity index (χ0v) is 7.62. The maximum Gasteiger partial charge on any atom is 0.137 e. The van der Waals surface area contributed by atoms with Crippen molar-refractivity contribution < 1.29 is 13.9 Å². The second kappa shape index (κ2) is 3.18. The van der Waals surface area contributed by atoms with E-state index in [4.69, 9.17) is 4.42 Å². The number of benzene rings is 1. The predicted molar refractivity (Wildman–Crippen MR) is 50.5 cm³/mol. The Morgan fingerprint density at radius 1 is 1.29 bits per heavy atom. The summed E-state index contributed by atoms with van der Waals surface area (Å²) in [5.74, 6) is 0.0448. The fourth-order valence-electron chi connectivity index (χ4n) is 1.31. The average Bonchev–Trinajstić information content (AvgIpc) is 2.67. The summed E-state index contributed by atoms with van der Waals surface area (Å²) in [4.78, 5) is 0. The van der Waals surface area contributed by atoms with Crippen LogP contribution >= 0.6 is 0 Å². The molecule has 3 heteroatoms. The van der Waals surface area contributed by atoms with Crippen LogP contribution in [0.2, 0.25) is 0 Å². The summed E-state index contributed by atoms with van der Waals surface area (Å²) in [6, 6.07) is 6.24. The summed E-state index contributed by atoms with van der Waals surface area (Å²) >= 11 is 0. The van der Waals surface area contributed by atoms with Gasteiger partial charge in [0.15, 0.2) is 0 Å². The molecule has 0 saturated heterocycles. The molecular weight excluding hydrogens is 183 g/mol. The Morgan fingerprint density at radius 2 is 2.07 bits per heavy atom. The lowest BCUT2D eigenvalue weighted by molar-refractivity contribution is 0.462. The molecule has 2 aromatic rings. The van der Waals surface area contributed by atoms with Crippen LogP contribution in [0, 0.1) is 12.7 Å². The van der Waals surface area contributed by atoms with E-state index in [-0.39, 0.29) is 11.3 Å².